The molecule has 1 N–H and O–H groups in total. The second kappa shape index (κ2) is 5.23. The summed E-state index contributed by atoms with van der Waals surface area (Å²) in [6.45, 7) is 6.96. The van der Waals surface area contributed by atoms with Crippen molar-refractivity contribution in [2.24, 2.45) is 0 Å². The van der Waals surface area contributed by atoms with Gasteiger partial charge in [-0.1, -0.05) is 6.92 Å². The van der Waals surface area contributed by atoms with Crippen LogP contribution in [0.2, 0.25) is 0 Å². The zero-order valence-electron chi connectivity index (χ0n) is 9.60. The summed E-state index contributed by atoms with van der Waals surface area (Å²) in [7, 11) is 0. The van der Waals surface area contributed by atoms with Crippen molar-refractivity contribution in [2.45, 2.75) is 26.9 Å². The predicted molar refractivity (Wildman–Crippen MR) is 66.4 cm³/mol. The van der Waals surface area contributed by atoms with Crippen molar-refractivity contribution in [1.29, 1.82) is 0 Å². The van der Waals surface area contributed by atoms with Gasteiger partial charge in [0.15, 0.2) is 0 Å². The molecule has 0 aliphatic rings. The maximum atomic E-state index is 4.44. The van der Waals surface area contributed by atoms with Crippen molar-refractivity contribution in [3.63, 3.8) is 0 Å². The third kappa shape index (κ3) is 2.31. The van der Waals surface area contributed by atoms with Crippen LogP contribution < -0.4 is 5.32 Å². The number of aromatic nitrogens is 3. The molecule has 0 aliphatic carbocycles. The van der Waals surface area contributed by atoms with Crippen LogP contribution in [0.25, 0.3) is 10.7 Å². The number of nitrogens with zero attached hydrogens (tertiary/aromatic N) is 3. The predicted octanol–water partition coefficient (Wildman–Crippen LogP) is 2.14. The molecule has 2 rings (SSSR count). The first-order valence-electron chi connectivity index (χ1n) is 5.52. The molecule has 0 aromatic carbocycles. The van der Waals surface area contributed by atoms with Crippen molar-refractivity contribution in [3.8, 4) is 10.7 Å². The highest BCUT2D eigenvalue weighted by Gasteiger charge is 2.08. The first kappa shape index (κ1) is 11.3. The van der Waals surface area contributed by atoms with Gasteiger partial charge in [-0.2, -0.15) is 5.10 Å². The lowest BCUT2D eigenvalue weighted by molar-refractivity contribution is 0.667. The van der Waals surface area contributed by atoms with Crippen LogP contribution in [0.1, 0.15) is 18.7 Å². The molecular formula is C11H16N4S. The third-order valence-corrected chi connectivity index (χ3v) is 3.36. The molecular weight excluding hydrogens is 220 g/mol. The van der Waals surface area contributed by atoms with E-state index in [1.165, 1.54) is 4.88 Å². The van der Waals surface area contributed by atoms with Crippen molar-refractivity contribution in [2.75, 3.05) is 6.54 Å². The van der Waals surface area contributed by atoms with Gasteiger partial charge in [-0.15, -0.1) is 11.3 Å². The van der Waals surface area contributed by atoms with E-state index in [1.54, 1.807) is 11.3 Å². The van der Waals surface area contributed by atoms with E-state index in [0.717, 1.165) is 30.3 Å². The van der Waals surface area contributed by atoms with Crippen LogP contribution >= 0.6 is 11.3 Å². The average molecular weight is 236 g/mol. The summed E-state index contributed by atoms with van der Waals surface area (Å²) >= 11 is 1.73. The minimum atomic E-state index is 0.879. The van der Waals surface area contributed by atoms with Gasteiger partial charge in [-0.25, -0.2) is 4.98 Å². The molecule has 4 nitrogen and oxygen atoms in total. The van der Waals surface area contributed by atoms with E-state index in [4.69, 9.17) is 0 Å². The van der Waals surface area contributed by atoms with E-state index in [2.05, 4.69) is 29.2 Å². The fraction of sp³-hybridized carbons (Fsp3) is 0.455. The van der Waals surface area contributed by atoms with Gasteiger partial charge >= 0.3 is 0 Å². The van der Waals surface area contributed by atoms with E-state index in [0.29, 0.717) is 0 Å². The molecule has 0 radical (unpaired) electrons. The lowest BCUT2D eigenvalue weighted by Gasteiger charge is -2.00. The van der Waals surface area contributed by atoms with Gasteiger partial charge in [-0.05, 0) is 19.5 Å². The summed E-state index contributed by atoms with van der Waals surface area (Å²) in [6.07, 6.45) is 3.76. The lowest BCUT2D eigenvalue weighted by Crippen LogP contribution is -2.10. The second-order valence-corrected chi connectivity index (χ2v) is 4.56. The van der Waals surface area contributed by atoms with Gasteiger partial charge in [0.2, 0.25) is 0 Å². The molecule has 86 valence electrons. The van der Waals surface area contributed by atoms with Crippen LogP contribution in [0.5, 0.6) is 0 Å². The summed E-state index contributed by atoms with van der Waals surface area (Å²) < 4.78 is 1.97. The Morgan fingerprint density at radius 2 is 2.31 bits per heavy atom. The average Bonchev–Trinajstić information content (AvgIpc) is 2.94. The van der Waals surface area contributed by atoms with Crippen LogP contribution in [-0.2, 0) is 13.1 Å². The topological polar surface area (TPSA) is 42.7 Å². The molecule has 0 aliphatic heterocycles. The summed E-state index contributed by atoms with van der Waals surface area (Å²) in [4.78, 5) is 5.70. The van der Waals surface area contributed by atoms with Crippen LogP contribution in [0.3, 0.4) is 0 Å². The van der Waals surface area contributed by atoms with Gasteiger partial charge in [0.05, 0.1) is 5.69 Å². The monoisotopic (exact) mass is 236 g/mol. The smallest absolute Gasteiger partial charge is 0.141 e. The van der Waals surface area contributed by atoms with Gasteiger partial charge in [0.1, 0.15) is 5.01 Å². The Balaban J connectivity index is 2.18. The Hall–Kier alpha value is -1.20. The van der Waals surface area contributed by atoms with Gasteiger partial charge < -0.3 is 5.32 Å². The summed E-state index contributed by atoms with van der Waals surface area (Å²) in [6, 6.07) is 2.01. The largest absolute Gasteiger partial charge is 0.312 e. The highest BCUT2D eigenvalue weighted by molar-refractivity contribution is 7.15. The van der Waals surface area contributed by atoms with E-state index < -0.39 is 0 Å². The Morgan fingerprint density at radius 3 is 3.06 bits per heavy atom. The SMILES string of the molecule is CCNCc1cnc(-c2ccnn2CC)s1. The van der Waals surface area contributed by atoms with Crippen molar-refractivity contribution >= 4 is 11.3 Å². The molecule has 5 heteroatoms. The van der Waals surface area contributed by atoms with Gasteiger partial charge in [-0.3, -0.25) is 4.68 Å². The highest BCUT2D eigenvalue weighted by atomic mass is 32.1. The van der Waals surface area contributed by atoms with Crippen molar-refractivity contribution < 1.29 is 0 Å². The van der Waals surface area contributed by atoms with E-state index in [-0.39, 0.29) is 0 Å². The molecule has 0 fully saturated rings. The fourth-order valence-electron chi connectivity index (χ4n) is 1.52. The normalized spacial score (nSPS) is 10.9. The number of hydrogen-bond donors (Lipinski definition) is 1. The highest BCUT2D eigenvalue weighted by Crippen LogP contribution is 2.24. The molecule has 0 unspecified atom stereocenters. The minimum Gasteiger partial charge on any atom is -0.312 e. The van der Waals surface area contributed by atoms with Crippen LogP contribution in [0.4, 0.5) is 0 Å². The third-order valence-electron chi connectivity index (χ3n) is 2.34. The number of rotatable bonds is 5. The molecule has 2 aromatic heterocycles. The molecule has 0 bridgehead atoms. The maximum Gasteiger partial charge on any atom is 0.141 e. The lowest BCUT2D eigenvalue weighted by atomic mass is 10.4. The molecule has 0 atom stereocenters. The first-order valence-corrected chi connectivity index (χ1v) is 6.34. The van der Waals surface area contributed by atoms with Crippen LogP contribution in [0, 0.1) is 0 Å². The molecule has 2 heterocycles. The summed E-state index contributed by atoms with van der Waals surface area (Å²) in [5.41, 5.74) is 1.11. The molecule has 0 spiro atoms. The Bertz CT molecular complexity index is 446. The number of hydrogen-bond acceptors (Lipinski definition) is 4. The first-order chi connectivity index (χ1) is 7.85. The quantitative estimate of drug-likeness (QED) is 0.865. The molecule has 16 heavy (non-hydrogen) atoms. The van der Waals surface area contributed by atoms with Crippen molar-refractivity contribution in [3.05, 3.63) is 23.3 Å². The van der Waals surface area contributed by atoms with Crippen LogP contribution in [-0.4, -0.2) is 21.3 Å². The number of thiazole rings is 1. The maximum absolute atomic E-state index is 4.44. The molecule has 2 aromatic rings. The number of aryl methyl sites for hydroxylation is 1. The Kier molecular flexibility index (Phi) is 3.69. The fourth-order valence-corrected chi connectivity index (χ4v) is 2.43. The molecule has 0 saturated carbocycles. The summed E-state index contributed by atoms with van der Waals surface area (Å²) in [5.74, 6) is 0. The van der Waals surface area contributed by atoms with E-state index in [1.807, 2.05) is 23.1 Å². The van der Waals surface area contributed by atoms with Crippen LogP contribution in [0.15, 0.2) is 18.5 Å². The zero-order chi connectivity index (χ0) is 11.4. The zero-order valence-corrected chi connectivity index (χ0v) is 10.4. The molecule has 0 saturated heterocycles. The van der Waals surface area contributed by atoms with E-state index in [9.17, 15) is 0 Å². The van der Waals surface area contributed by atoms with Gasteiger partial charge in [0, 0.05) is 30.4 Å². The van der Waals surface area contributed by atoms with Gasteiger partial charge in [0.25, 0.3) is 0 Å². The van der Waals surface area contributed by atoms with E-state index >= 15 is 0 Å². The standard InChI is InChI=1S/C11H16N4S/c1-3-12-7-9-8-13-11(16-9)10-5-6-14-15(10)4-2/h5-6,8,12H,3-4,7H2,1-2H3. The Labute approximate surface area is 99.3 Å². The van der Waals surface area contributed by atoms with Crippen molar-refractivity contribution in [1.82, 2.24) is 20.1 Å². The summed E-state index contributed by atoms with van der Waals surface area (Å²) in [5, 5.41) is 8.60. The molecule has 0 amide bonds. The minimum absolute atomic E-state index is 0.879. The second-order valence-electron chi connectivity index (χ2n) is 3.44. The Morgan fingerprint density at radius 1 is 1.44 bits per heavy atom. The number of nitrogens with one attached hydrogen (secondary N) is 1.